The maximum atomic E-state index is 13.2. The van der Waals surface area contributed by atoms with E-state index >= 15 is 0 Å². The van der Waals surface area contributed by atoms with Crippen LogP contribution in [0.3, 0.4) is 0 Å². The zero-order chi connectivity index (χ0) is 26.8. The summed E-state index contributed by atoms with van der Waals surface area (Å²) in [6.07, 6.45) is 1.72. The molecule has 0 bridgehead atoms. The lowest BCUT2D eigenvalue weighted by Gasteiger charge is -2.37. The third kappa shape index (κ3) is 6.25. The van der Waals surface area contributed by atoms with E-state index in [9.17, 15) is 19.2 Å². The van der Waals surface area contributed by atoms with E-state index in [0.29, 0.717) is 12.2 Å². The Morgan fingerprint density at radius 2 is 1.69 bits per heavy atom. The van der Waals surface area contributed by atoms with Gasteiger partial charge in [-0.05, 0) is 69.9 Å². The fourth-order valence-corrected chi connectivity index (χ4v) is 5.16. The first-order chi connectivity index (χ1) is 16.8. The average Bonchev–Trinajstić information content (AvgIpc) is 3.38. The number of ether oxygens (including phenoxy) is 1. The molecule has 0 spiro atoms. The van der Waals surface area contributed by atoms with E-state index in [1.807, 2.05) is 24.0 Å². The summed E-state index contributed by atoms with van der Waals surface area (Å²) in [4.78, 5) is 51.2. The van der Waals surface area contributed by atoms with Crippen molar-refractivity contribution in [2.24, 2.45) is 17.6 Å². The van der Waals surface area contributed by atoms with Gasteiger partial charge >= 0.3 is 6.09 Å². The minimum absolute atomic E-state index is 0.0272. The number of ketones is 1. The molecule has 4 N–H and O–H groups in total. The van der Waals surface area contributed by atoms with Gasteiger partial charge in [0.1, 0.15) is 11.6 Å². The maximum Gasteiger partial charge on any atom is 0.408 e. The van der Waals surface area contributed by atoms with Crippen molar-refractivity contribution >= 4 is 23.7 Å². The Morgan fingerprint density at radius 3 is 2.22 bits per heavy atom. The van der Waals surface area contributed by atoms with Crippen LogP contribution >= 0.6 is 0 Å². The number of fused-ring (bicyclic) bond motifs is 1. The number of primary amides is 1. The number of amides is 3. The molecule has 1 aromatic rings. The molecule has 9 heteroatoms. The number of nitrogens with one attached hydrogen (secondary N) is 2. The lowest BCUT2D eigenvalue weighted by molar-refractivity contribution is -0.138. The van der Waals surface area contributed by atoms with Crippen molar-refractivity contribution in [1.29, 1.82) is 0 Å². The summed E-state index contributed by atoms with van der Waals surface area (Å²) in [5.41, 5.74) is 7.51. The standard InChI is InChI=1S/C27H38N4O5/c1-15-11-12-31(22(15)25(34)29-16(2)23(32)24(28)33)17(3)21(30-26(35)36-27(4,5)6)20-13-18-9-7-8-10-19(18)14-20/h7-10,15-16,20-22H,3,11-14H2,1-2,4-6H3,(H2,28,33)(H,29,34)(H,30,35)/t15-,16?,21?,22?/m0/s1. The fraction of sp³-hybridized carbons (Fsp3) is 0.556. The van der Waals surface area contributed by atoms with Gasteiger partial charge in [-0.15, -0.1) is 0 Å². The van der Waals surface area contributed by atoms with Crippen molar-refractivity contribution in [3.63, 3.8) is 0 Å². The van der Waals surface area contributed by atoms with Crippen molar-refractivity contribution in [3.8, 4) is 0 Å². The fourth-order valence-electron chi connectivity index (χ4n) is 5.16. The Kier molecular flexibility index (Phi) is 8.11. The van der Waals surface area contributed by atoms with Gasteiger partial charge < -0.3 is 26.0 Å². The quantitative estimate of drug-likeness (QED) is 0.471. The molecule has 36 heavy (non-hydrogen) atoms. The summed E-state index contributed by atoms with van der Waals surface area (Å²) in [5.74, 6) is -2.31. The molecule has 3 amide bonds. The van der Waals surface area contributed by atoms with E-state index in [2.05, 4.69) is 29.3 Å². The van der Waals surface area contributed by atoms with Crippen LogP contribution in [0.4, 0.5) is 4.79 Å². The Bertz CT molecular complexity index is 1020. The lowest BCUT2D eigenvalue weighted by atomic mass is 9.92. The number of nitrogens with two attached hydrogens (primary N) is 1. The van der Waals surface area contributed by atoms with Gasteiger partial charge in [0.15, 0.2) is 0 Å². The molecule has 3 rings (SSSR count). The summed E-state index contributed by atoms with van der Waals surface area (Å²) < 4.78 is 5.54. The third-order valence-electron chi connectivity index (χ3n) is 6.92. The Hall–Kier alpha value is -3.36. The number of benzene rings is 1. The van der Waals surface area contributed by atoms with Gasteiger partial charge in [-0.3, -0.25) is 14.4 Å². The second kappa shape index (κ2) is 10.7. The summed E-state index contributed by atoms with van der Waals surface area (Å²) in [7, 11) is 0. The van der Waals surface area contributed by atoms with Crippen molar-refractivity contribution in [1.82, 2.24) is 15.5 Å². The van der Waals surface area contributed by atoms with Crippen molar-refractivity contribution < 1.29 is 23.9 Å². The second-order valence-electron chi connectivity index (χ2n) is 10.9. The van der Waals surface area contributed by atoms with E-state index in [4.69, 9.17) is 10.5 Å². The van der Waals surface area contributed by atoms with Gasteiger partial charge in [-0.25, -0.2) is 4.79 Å². The SMILES string of the molecule is C=C(C(NC(=O)OC(C)(C)C)C1Cc2ccccc2C1)N1CC[C@H](C)C1C(=O)NC(C)C(=O)C(N)=O. The molecule has 1 aromatic carbocycles. The van der Waals surface area contributed by atoms with E-state index in [-0.39, 0.29) is 17.7 Å². The molecule has 3 unspecified atom stereocenters. The van der Waals surface area contributed by atoms with E-state index in [1.165, 1.54) is 18.1 Å². The van der Waals surface area contributed by atoms with Crippen LogP contribution in [0.15, 0.2) is 36.5 Å². The molecule has 1 fully saturated rings. The molecule has 1 aliphatic carbocycles. The highest BCUT2D eigenvalue weighted by molar-refractivity contribution is 6.37. The zero-order valence-corrected chi connectivity index (χ0v) is 21.8. The zero-order valence-electron chi connectivity index (χ0n) is 21.8. The smallest absolute Gasteiger partial charge is 0.408 e. The Labute approximate surface area is 212 Å². The molecule has 1 aliphatic heterocycles. The number of alkyl carbamates (subject to hydrolysis) is 1. The summed E-state index contributed by atoms with van der Waals surface area (Å²) >= 11 is 0. The van der Waals surface area contributed by atoms with Crippen molar-refractivity contribution in [2.45, 2.75) is 77.6 Å². The first kappa shape index (κ1) is 27.2. The third-order valence-corrected chi connectivity index (χ3v) is 6.92. The Balaban J connectivity index is 1.83. The summed E-state index contributed by atoms with van der Waals surface area (Å²) in [6, 6.07) is 6.09. The summed E-state index contributed by atoms with van der Waals surface area (Å²) in [5, 5.41) is 5.65. The van der Waals surface area contributed by atoms with Crippen LogP contribution in [-0.2, 0) is 32.0 Å². The van der Waals surface area contributed by atoms with Crippen LogP contribution in [0.25, 0.3) is 0 Å². The van der Waals surface area contributed by atoms with Crippen LogP contribution < -0.4 is 16.4 Å². The van der Waals surface area contributed by atoms with Crippen LogP contribution in [0.2, 0.25) is 0 Å². The first-order valence-electron chi connectivity index (χ1n) is 12.4. The van der Waals surface area contributed by atoms with Gasteiger partial charge in [0.25, 0.3) is 5.91 Å². The minimum atomic E-state index is -1.09. The Morgan fingerprint density at radius 1 is 1.11 bits per heavy atom. The number of carbonyl (C=O) groups is 4. The predicted octanol–water partition coefficient (Wildman–Crippen LogP) is 2.08. The maximum absolute atomic E-state index is 13.2. The second-order valence-corrected chi connectivity index (χ2v) is 10.9. The molecule has 0 radical (unpaired) electrons. The van der Waals surface area contributed by atoms with Gasteiger partial charge in [-0.1, -0.05) is 37.8 Å². The number of nitrogens with zero attached hydrogens (tertiary/aromatic N) is 1. The first-order valence-corrected chi connectivity index (χ1v) is 12.4. The van der Waals surface area contributed by atoms with Crippen LogP contribution in [-0.4, -0.2) is 58.9 Å². The normalized spacial score (nSPS) is 21.3. The van der Waals surface area contributed by atoms with Gasteiger partial charge in [0, 0.05) is 12.2 Å². The molecule has 9 nitrogen and oxygen atoms in total. The molecule has 2 aliphatic rings. The van der Waals surface area contributed by atoms with E-state index in [0.717, 1.165) is 19.3 Å². The predicted molar refractivity (Wildman–Crippen MR) is 136 cm³/mol. The number of carbonyl (C=O) groups excluding carboxylic acids is 4. The highest BCUT2D eigenvalue weighted by Crippen LogP contribution is 2.35. The minimum Gasteiger partial charge on any atom is -0.444 e. The van der Waals surface area contributed by atoms with Gasteiger partial charge in [0.2, 0.25) is 11.7 Å². The molecular formula is C27H38N4O5. The molecular weight excluding hydrogens is 460 g/mol. The van der Waals surface area contributed by atoms with Gasteiger partial charge in [-0.2, -0.15) is 0 Å². The number of Topliss-reactive ketones (excluding diaryl/α,β-unsaturated/α-hetero) is 1. The molecule has 196 valence electrons. The topological polar surface area (TPSA) is 131 Å². The number of hydrogen-bond acceptors (Lipinski definition) is 6. The number of hydrogen-bond donors (Lipinski definition) is 3. The summed E-state index contributed by atoms with van der Waals surface area (Å²) in [6.45, 7) is 13.7. The molecule has 1 saturated heterocycles. The molecule has 0 aromatic heterocycles. The van der Waals surface area contributed by atoms with Crippen LogP contribution in [0.5, 0.6) is 0 Å². The van der Waals surface area contributed by atoms with Crippen molar-refractivity contribution in [2.75, 3.05) is 6.54 Å². The van der Waals surface area contributed by atoms with Crippen LogP contribution in [0.1, 0.15) is 52.2 Å². The monoisotopic (exact) mass is 498 g/mol. The van der Waals surface area contributed by atoms with E-state index in [1.54, 1.807) is 20.8 Å². The van der Waals surface area contributed by atoms with Crippen molar-refractivity contribution in [3.05, 3.63) is 47.7 Å². The highest BCUT2D eigenvalue weighted by Gasteiger charge is 2.42. The molecule has 4 atom stereocenters. The van der Waals surface area contributed by atoms with E-state index < -0.39 is 41.5 Å². The average molecular weight is 499 g/mol. The molecule has 1 heterocycles. The number of rotatable bonds is 8. The van der Waals surface area contributed by atoms with Gasteiger partial charge in [0.05, 0.1) is 12.1 Å². The largest absolute Gasteiger partial charge is 0.444 e. The molecule has 0 saturated carbocycles. The number of likely N-dealkylation sites (tertiary alicyclic amines) is 1. The highest BCUT2D eigenvalue weighted by atomic mass is 16.6. The van der Waals surface area contributed by atoms with Crippen LogP contribution in [0, 0.1) is 11.8 Å². The lowest BCUT2D eigenvalue weighted by Crippen LogP contribution is -2.54.